The lowest BCUT2D eigenvalue weighted by atomic mass is 10.1. The molecular formula is C16H22N2O. The van der Waals surface area contributed by atoms with Gasteiger partial charge in [0.15, 0.2) is 0 Å². The Bertz CT molecular complexity index is 458. The van der Waals surface area contributed by atoms with Crippen LogP contribution in [-0.2, 0) is 6.42 Å². The summed E-state index contributed by atoms with van der Waals surface area (Å²) < 4.78 is 0. The molecule has 1 saturated carbocycles. The van der Waals surface area contributed by atoms with Crippen LogP contribution in [0, 0.1) is 12.8 Å². The van der Waals surface area contributed by atoms with E-state index in [4.69, 9.17) is 0 Å². The van der Waals surface area contributed by atoms with E-state index in [0.29, 0.717) is 12.5 Å². The third-order valence-corrected chi connectivity index (χ3v) is 3.47. The van der Waals surface area contributed by atoms with E-state index >= 15 is 0 Å². The van der Waals surface area contributed by atoms with E-state index in [-0.39, 0.29) is 6.03 Å². The quantitative estimate of drug-likeness (QED) is 0.837. The van der Waals surface area contributed by atoms with Gasteiger partial charge >= 0.3 is 6.03 Å². The highest BCUT2D eigenvalue weighted by Crippen LogP contribution is 2.35. The summed E-state index contributed by atoms with van der Waals surface area (Å²) in [4.78, 5) is 11.6. The van der Waals surface area contributed by atoms with Crippen molar-refractivity contribution in [1.82, 2.24) is 10.6 Å². The van der Waals surface area contributed by atoms with Gasteiger partial charge in [0.25, 0.3) is 0 Å². The molecule has 3 heteroatoms. The van der Waals surface area contributed by atoms with Gasteiger partial charge in [-0.3, -0.25) is 0 Å². The Balaban J connectivity index is 1.66. The van der Waals surface area contributed by atoms with E-state index in [0.717, 1.165) is 6.42 Å². The number of hydrogen-bond donors (Lipinski definition) is 2. The highest BCUT2D eigenvalue weighted by molar-refractivity contribution is 5.74. The molecule has 0 saturated heterocycles. The van der Waals surface area contributed by atoms with E-state index in [2.05, 4.69) is 48.7 Å². The fourth-order valence-corrected chi connectivity index (χ4v) is 1.96. The molecule has 2 N–H and O–H groups in total. The van der Waals surface area contributed by atoms with E-state index in [1.807, 2.05) is 6.20 Å². The molecule has 0 spiro atoms. The van der Waals surface area contributed by atoms with Gasteiger partial charge in [-0.2, -0.15) is 0 Å². The van der Waals surface area contributed by atoms with E-state index in [1.54, 1.807) is 0 Å². The first-order valence-corrected chi connectivity index (χ1v) is 6.92. The van der Waals surface area contributed by atoms with E-state index in [9.17, 15) is 4.79 Å². The minimum atomic E-state index is -0.118. The lowest BCUT2D eigenvalue weighted by Crippen LogP contribution is -2.33. The van der Waals surface area contributed by atoms with Crippen LogP contribution >= 0.6 is 0 Å². The van der Waals surface area contributed by atoms with Crippen LogP contribution in [0.2, 0.25) is 0 Å². The lowest BCUT2D eigenvalue weighted by molar-refractivity contribution is 0.244. The van der Waals surface area contributed by atoms with Crippen LogP contribution in [0.1, 0.15) is 30.9 Å². The van der Waals surface area contributed by atoms with Gasteiger partial charge < -0.3 is 10.6 Å². The summed E-state index contributed by atoms with van der Waals surface area (Å²) in [5.74, 6) is 0.702. The van der Waals surface area contributed by atoms with Gasteiger partial charge in [0, 0.05) is 12.7 Å². The average molecular weight is 258 g/mol. The van der Waals surface area contributed by atoms with Gasteiger partial charge in [0.05, 0.1) is 0 Å². The highest BCUT2D eigenvalue weighted by atomic mass is 16.2. The maximum atomic E-state index is 11.6. The Morgan fingerprint density at radius 3 is 2.63 bits per heavy atom. The number of hydrogen-bond acceptors (Lipinski definition) is 1. The van der Waals surface area contributed by atoms with Crippen LogP contribution in [0.3, 0.4) is 0 Å². The van der Waals surface area contributed by atoms with Crippen molar-refractivity contribution < 1.29 is 4.79 Å². The fourth-order valence-electron chi connectivity index (χ4n) is 1.96. The second kappa shape index (κ2) is 6.41. The number of nitrogens with one attached hydrogen (secondary N) is 2. The molecule has 0 aromatic heterocycles. The number of carbonyl (C=O) groups is 1. The highest BCUT2D eigenvalue weighted by Gasteiger charge is 2.22. The smallest absolute Gasteiger partial charge is 0.318 e. The van der Waals surface area contributed by atoms with Gasteiger partial charge in [-0.05, 0) is 44.6 Å². The summed E-state index contributed by atoms with van der Waals surface area (Å²) in [6, 6.07) is 8.28. The van der Waals surface area contributed by atoms with Gasteiger partial charge in [0.2, 0.25) is 0 Å². The van der Waals surface area contributed by atoms with Crippen LogP contribution in [0.15, 0.2) is 36.0 Å². The molecule has 0 heterocycles. The lowest BCUT2D eigenvalue weighted by Gasteiger charge is -2.06. The fraction of sp³-hybridized carbons (Fsp3) is 0.438. The summed E-state index contributed by atoms with van der Waals surface area (Å²) >= 11 is 0. The van der Waals surface area contributed by atoms with Gasteiger partial charge in [-0.25, -0.2) is 4.79 Å². The third kappa shape index (κ3) is 4.78. The zero-order valence-electron chi connectivity index (χ0n) is 11.7. The van der Waals surface area contributed by atoms with E-state index < -0.39 is 0 Å². The van der Waals surface area contributed by atoms with Crippen molar-refractivity contribution in [2.24, 2.45) is 5.92 Å². The zero-order chi connectivity index (χ0) is 13.7. The number of urea groups is 1. The third-order valence-electron chi connectivity index (χ3n) is 3.47. The van der Waals surface area contributed by atoms with Gasteiger partial charge in [-0.1, -0.05) is 35.4 Å². The van der Waals surface area contributed by atoms with Crippen LogP contribution < -0.4 is 10.6 Å². The van der Waals surface area contributed by atoms with Crippen LogP contribution in [-0.4, -0.2) is 12.6 Å². The maximum Gasteiger partial charge on any atom is 0.318 e. The average Bonchev–Trinajstić information content (AvgIpc) is 3.23. The van der Waals surface area contributed by atoms with Crippen molar-refractivity contribution >= 4 is 6.03 Å². The second-order valence-electron chi connectivity index (χ2n) is 5.30. The first-order chi connectivity index (χ1) is 9.15. The molecule has 0 radical (unpaired) electrons. The minimum Gasteiger partial charge on any atom is -0.338 e. The predicted molar refractivity (Wildman–Crippen MR) is 77.9 cm³/mol. The van der Waals surface area contributed by atoms with Crippen molar-refractivity contribution in [1.29, 1.82) is 0 Å². The molecule has 0 bridgehead atoms. The number of carbonyl (C=O) groups excluding carboxylic acids is 1. The van der Waals surface area contributed by atoms with Gasteiger partial charge in [0.1, 0.15) is 0 Å². The summed E-state index contributed by atoms with van der Waals surface area (Å²) in [6.07, 6.45) is 5.22. The molecule has 0 aliphatic heterocycles. The number of allylic oxidation sites excluding steroid dienone is 1. The monoisotopic (exact) mass is 258 g/mol. The van der Waals surface area contributed by atoms with Crippen molar-refractivity contribution in [3.8, 4) is 0 Å². The minimum absolute atomic E-state index is 0.118. The Labute approximate surface area is 115 Å². The molecule has 0 unspecified atom stereocenters. The Hall–Kier alpha value is -1.77. The predicted octanol–water partition coefficient (Wildman–Crippen LogP) is 3.15. The van der Waals surface area contributed by atoms with E-state index in [1.165, 1.54) is 29.5 Å². The summed E-state index contributed by atoms with van der Waals surface area (Å²) in [5.41, 5.74) is 3.78. The molecule has 1 aliphatic rings. The number of benzene rings is 1. The number of aryl methyl sites for hydroxylation is 1. The zero-order valence-corrected chi connectivity index (χ0v) is 11.7. The first-order valence-electron chi connectivity index (χ1n) is 6.92. The normalized spacial score (nSPS) is 15.2. The molecule has 0 atom stereocenters. The van der Waals surface area contributed by atoms with Crippen molar-refractivity contribution in [2.75, 3.05) is 6.54 Å². The molecule has 1 aromatic rings. The standard InChI is InChI=1S/C16H22N2O/c1-12-3-5-14(6-4-12)9-10-17-16(19)18-11-13(2)15-7-8-15/h3-6,11,15H,7-10H2,1-2H3,(H2,17,18,19)/b13-11+. The van der Waals surface area contributed by atoms with Gasteiger partial charge in [-0.15, -0.1) is 0 Å². The summed E-state index contributed by atoms with van der Waals surface area (Å²) in [6.45, 7) is 4.81. The Morgan fingerprint density at radius 1 is 1.32 bits per heavy atom. The molecule has 1 aromatic carbocycles. The maximum absolute atomic E-state index is 11.6. The Kier molecular flexibility index (Phi) is 4.61. The van der Waals surface area contributed by atoms with Crippen molar-refractivity contribution in [3.63, 3.8) is 0 Å². The second-order valence-corrected chi connectivity index (χ2v) is 5.30. The summed E-state index contributed by atoms with van der Waals surface area (Å²) in [7, 11) is 0. The molecule has 3 nitrogen and oxygen atoms in total. The molecule has 2 amide bonds. The Morgan fingerprint density at radius 2 is 2.00 bits per heavy atom. The van der Waals surface area contributed by atoms with Crippen LogP contribution in [0.5, 0.6) is 0 Å². The molecule has 102 valence electrons. The van der Waals surface area contributed by atoms with Crippen molar-refractivity contribution in [2.45, 2.75) is 33.1 Å². The molecular weight excluding hydrogens is 236 g/mol. The number of amides is 2. The summed E-state index contributed by atoms with van der Waals surface area (Å²) in [5, 5.41) is 5.65. The van der Waals surface area contributed by atoms with Crippen LogP contribution in [0.25, 0.3) is 0 Å². The molecule has 1 aliphatic carbocycles. The first kappa shape index (κ1) is 13.7. The molecule has 2 rings (SSSR count). The van der Waals surface area contributed by atoms with Crippen molar-refractivity contribution in [3.05, 3.63) is 47.2 Å². The largest absolute Gasteiger partial charge is 0.338 e. The number of rotatable bonds is 5. The molecule has 1 fully saturated rings. The SMILES string of the molecule is C/C(=C\NC(=O)NCCc1ccc(C)cc1)C1CC1. The van der Waals surface area contributed by atoms with Crippen LogP contribution in [0.4, 0.5) is 4.79 Å². The topological polar surface area (TPSA) is 41.1 Å². The molecule has 19 heavy (non-hydrogen) atoms.